The van der Waals surface area contributed by atoms with Crippen molar-refractivity contribution in [3.8, 4) is 0 Å². The maximum atomic E-state index is 13.6. The van der Waals surface area contributed by atoms with Crippen molar-refractivity contribution in [2.45, 2.75) is 26.3 Å². The van der Waals surface area contributed by atoms with Gasteiger partial charge in [0, 0.05) is 17.1 Å². The molecule has 104 valence electrons. The zero-order chi connectivity index (χ0) is 14.0. The van der Waals surface area contributed by atoms with E-state index in [4.69, 9.17) is 16.7 Å². The minimum Gasteiger partial charge on any atom is -0.481 e. The Hall–Kier alpha value is -1.13. The average molecular weight is 286 g/mol. The van der Waals surface area contributed by atoms with Gasteiger partial charge in [0.25, 0.3) is 0 Å². The van der Waals surface area contributed by atoms with Crippen molar-refractivity contribution in [1.29, 1.82) is 0 Å². The van der Waals surface area contributed by atoms with E-state index in [1.165, 1.54) is 12.1 Å². The maximum Gasteiger partial charge on any atom is 0.309 e. The van der Waals surface area contributed by atoms with Crippen molar-refractivity contribution >= 4 is 17.6 Å². The van der Waals surface area contributed by atoms with E-state index in [0.717, 1.165) is 0 Å². The lowest BCUT2D eigenvalue weighted by atomic mass is 9.80. The van der Waals surface area contributed by atoms with Crippen molar-refractivity contribution in [2.24, 2.45) is 5.41 Å². The van der Waals surface area contributed by atoms with Crippen LogP contribution in [0.3, 0.4) is 0 Å². The predicted molar refractivity (Wildman–Crippen MR) is 71.7 cm³/mol. The lowest BCUT2D eigenvalue weighted by Crippen LogP contribution is -2.42. The summed E-state index contributed by atoms with van der Waals surface area (Å²) in [6.07, 6.45) is 1.18. The standard InChI is InChI=1S/C14H17ClFNO2/c1-14(13(18)19)4-6-17(7-5-14)9-10-8-11(15)2-3-12(10)16/h2-3,8H,4-7,9H2,1H3,(H,18,19). The van der Waals surface area contributed by atoms with E-state index in [-0.39, 0.29) is 5.82 Å². The molecule has 1 saturated heterocycles. The highest BCUT2D eigenvalue weighted by Crippen LogP contribution is 2.31. The molecular formula is C14H17ClFNO2. The van der Waals surface area contributed by atoms with Crippen LogP contribution >= 0.6 is 11.6 Å². The van der Waals surface area contributed by atoms with Crippen LogP contribution in [0.4, 0.5) is 4.39 Å². The van der Waals surface area contributed by atoms with E-state index in [9.17, 15) is 9.18 Å². The fourth-order valence-corrected chi connectivity index (χ4v) is 2.52. The molecule has 3 nitrogen and oxygen atoms in total. The second kappa shape index (κ2) is 5.47. The minimum atomic E-state index is -0.749. The Labute approximate surface area is 117 Å². The summed E-state index contributed by atoms with van der Waals surface area (Å²) in [5.74, 6) is -1.02. The smallest absolute Gasteiger partial charge is 0.309 e. The number of nitrogens with zero attached hydrogens (tertiary/aromatic N) is 1. The van der Waals surface area contributed by atoms with Crippen LogP contribution in [0.15, 0.2) is 18.2 Å². The minimum absolute atomic E-state index is 0.268. The molecule has 0 amide bonds. The molecule has 2 rings (SSSR count). The molecule has 0 aliphatic carbocycles. The van der Waals surface area contributed by atoms with Gasteiger partial charge in [-0.1, -0.05) is 11.6 Å². The molecule has 1 aromatic rings. The normalized spacial score (nSPS) is 19.3. The largest absolute Gasteiger partial charge is 0.481 e. The first kappa shape index (κ1) is 14.3. The van der Waals surface area contributed by atoms with E-state index >= 15 is 0 Å². The predicted octanol–water partition coefficient (Wildman–Crippen LogP) is 3.17. The highest BCUT2D eigenvalue weighted by Gasteiger charge is 2.36. The van der Waals surface area contributed by atoms with E-state index < -0.39 is 11.4 Å². The fraction of sp³-hybridized carbons (Fsp3) is 0.500. The second-order valence-electron chi connectivity index (χ2n) is 5.38. The molecule has 1 N–H and O–H groups in total. The molecule has 0 bridgehead atoms. The van der Waals surface area contributed by atoms with Gasteiger partial charge < -0.3 is 5.11 Å². The lowest BCUT2D eigenvalue weighted by Gasteiger charge is -2.36. The first-order valence-electron chi connectivity index (χ1n) is 6.30. The Bertz CT molecular complexity index is 484. The quantitative estimate of drug-likeness (QED) is 0.927. The van der Waals surface area contributed by atoms with Gasteiger partial charge in [0.05, 0.1) is 5.41 Å². The Kier molecular flexibility index (Phi) is 4.11. The summed E-state index contributed by atoms with van der Waals surface area (Å²) in [6.45, 7) is 3.57. The van der Waals surface area contributed by atoms with E-state index in [1.807, 2.05) is 0 Å². The molecule has 1 aromatic carbocycles. The van der Waals surface area contributed by atoms with Crippen molar-refractivity contribution in [3.05, 3.63) is 34.6 Å². The summed E-state index contributed by atoms with van der Waals surface area (Å²) in [5, 5.41) is 9.68. The van der Waals surface area contributed by atoms with Gasteiger partial charge in [-0.05, 0) is 51.1 Å². The fourth-order valence-electron chi connectivity index (χ4n) is 2.32. The molecule has 0 unspecified atom stereocenters. The van der Waals surface area contributed by atoms with Gasteiger partial charge >= 0.3 is 5.97 Å². The first-order chi connectivity index (χ1) is 8.90. The van der Waals surface area contributed by atoms with Gasteiger partial charge in [0.2, 0.25) is 0 Å². The van der Waals surface area contributed by atoms with Gasteiger partial charge in [-0.3, -0.25) is 9.69 Å². The number of hydrogen-bond acceptors (Lipinski definition) is 2. The molecule has 1 fully saturated rings. The Morgan fingerprint density at radius 1 is 1.47 bits per heavy atom. The molecule has 0 atom stereocenters. The molecule has 19 heavy (non-hydrogen) atoms. The Balaban J connectivity index is 1.99. The number of benzene rings is 1. The van der Waals surface area contributed by atoms with Crippen LogP contribution in [0, 0.1) is 11.2 Å². The number of carbonyl (C=O) groups is 1. The average Bonchev–Trinajstić information content (AvgIpc) is 2.36. The van der Waals surface area contributed by atoms with Crippen molar-refractivity contribution in [1.82, 2.24) is 4.90 Å². The highest BCUT2D eigenvalue weighted by molar-refractivity contribution is 6.30. The summed E-state index contributed by atoms with van der Waals surface area (Å²) < 4.78 is 13.6. The number of likely N-dealkylation sites (tertiary alicyclic amines) is 1. The van der Waals surface area contributed by atoms with E-state index in [2.05, 4.69) is 4.90 Å². The van der Waals surface area contributed by atoms with Crippen LogP contribution in [0.2, 0.25) is 5.02 Å². The number of aliphatic carboxylic acids is 1. The van der Waals surface area contributed by atoms with Crippen LogP contribution in [-0.4, -0.2) is 29.1 Å². The third kappa shape index (κ3) is 3.25. The zero-order valence-corrected chi connectivity index (χ0v) is 11.6. The van der Waals surface area contributed by atoms with Gasteiger partial charge in [0.15, 0.2) is 0 Å². The van der Waals surface area contributed by atoms with Crippen molar-refractivity contribution in [2.75, 3.05) is 13.1 Å². The number of carboxylic acid groups (broad SMARTS) is 1. The third-order valence-electron chi connectivity index (χ3n) is 3.88. The summed E-state index contributed by atoms with van der Waals surface area (Å²) in [4.78, 5) is 13.2. The summed E-state index contributed by atoms with van der Waals surface area (Å²) in [7, 11) is 0. The third-order valence-corrected chi connectivity index (χ3v) is 4.11. The van der Waals surface area contributed by atoms with Gasteiger partial charge in [-0.2, -0.15) is 0 Å². The molecule has 0 saturated carbocycles. The van der Waals surface area contributed by atoms with Crippen molar-refractivity contribution in [3.63, 3.8) is 0 Å². The Morgan fingerprint density at radius 3 is 2.68 bits per heavy atom. The monoisotopic (exact) mass is 285 g/mol. The molecule has 1 aliphatic rings. The SMILES string of the molecule is CC1(C(=O)O)CCN(Cc2cc(Cl)ccc2F)CC1. The molecular weight excluding hydrogens is 269 g/mol. The first-order valence-corrected chi connectivity index (χ1v) is 6.68. The number of carboxylic acids is 1. The summed E-state index contributed by atoms with van der Waals surface area (Å²) in [5.41, 5.74) is -0.0879. The van der Waals surface area contributed by atoms with Crippen LogP contribution in [0.5, 0.6) is 0 Å². The van der Waals surface area contributed by atoms with Crippen LogP contribution in [0.25, 0.3) is 0 Å². The topological polar surface area (TPSA) is 40.5 Å². The molecule has 0 spiro atoms. The highest BCUT2D eigenvalue weighted by atomic mass is 35.5. The number of halogens is 2. The zero-order valence-electron chi connectivity index (χ0n) is 10.8. The van der Waals surface area contributed by atoms with Crippen LogP contribution < -0.4 is 0 Å². The summed E-state index contributed by atoms with van der Waals surface area (Å²) >= 11 is 5.86. The molecule has 0 aromatic heterocycles. The maximum absolute atomic E-state index is 13.6. The number of rotatable bonds is 3. The molecule has 0 radical (unpaired) electrons. The second-order valence-corrected chi connectivity index (χ2v) is 5.81. The van der Waals surface area contributed by atoms with Gasteiger partial charge in [0.1, 0.15) is 5.82 Å². The lowest BCUT2D eigenvalue weighted by molar-refractivity contribution is -0.150. The molecule has 1 heterocycles. The molecule has 1 aliphatic heterocycles. The van der Waals surface area contributed by atoms with Crippen LogP contribution in [-0.2, 0) is 11.3 Å². The van der Waals surface area contributed by atoms with Gasteiger partial charge in [-0.15, -0.1) is 0 Å². The van der Waals surface area contributed by atoms with Gasteiger partial charge in [-0.25, -0.2) is 4.39 Å². The number of hydrogen-bond donors (Lipinski definition) is 1. The van der Waals surface area contributed by atoms with E-state index in [0.29, 0.717) is 43.1 Å². The van der Waals surface area contributed by atoms with Crippen LogP contribution in [0.1, 0.15) is 25.3 Å². The summed E-state index contributed by atoms with van der Waals surface area (Å²) in [6, 6.07) is 4.52. The van der Waals surface area contributed by atoms with E-state index in [1.54, 1.807) is 13.0 Å². The van der Waals surface area contributed by atoms with Crippen molar-refractivity contribution < 1.29 is 14.3 Å². The number of piperidine rings is 1. The molecule has 5 heteroatoms. The Morgan fingerprint density at radius 2 is 2.11 bits per heavy atom.